The minimum atomic E-state index is -0.408. The highest BCUT2D eigenvalue weighted by Crippen LogP contribution is 2.23. The van der Waals surface area contributed by atoms with Gasteiger partial charge in [-0.1, -0.05) is 12.1 Å². The van der Waals surface area contributed by atoms with Crippen molar-refractivity contribution in [3.63, 3.8) is 0 Å². The lowest BCUT2D eigenvalue weighted by Gasteiger charge is -2.02. The Morgan fingerprint density at radius 1 is 1.29 bits per heavy atom. The van der Waals surface area contributed by atoms with Gasteiger partial charge in [0.25, 0.3) is 0 Å². The van der Waals surface area contributed by atoms with E-state index in [4.69, 9.17) is 5.26 Å². The van der Waals surface area contributed by atoms with Gasteiger partial charge in [-0.25, -0.2) is 4.79 Å². The third-order valence-electron chi connectivity index (χ3n) is 2.46. The first kappa shape index (κ1) is 11.0. The van der Waals surface area contributed by atoms with E-state index >= 15 is 0 Å². The molecule has 2 rings (SSSR count). The maximum absolute atomic E-state index is 11.5. The molecule has 0 amide bonds. The molecule has 0 unspecified atom stereocenters. The molecule has 0 atom stereocenters. The van der Waals surface area contributed by atoms with Crippen molar-refractivity contribution in [3.8, 4) is 17.2 Å². The predicted octanol–water partition coefficient (Wildman–Crippen LogP) is 2.34. The molecule has 0 fully saturated rings. The van der Waals surface area contributed by atoms with Crippen LogP contribution in [0, 0.1) is 11.3 Å². The molecule has 4 nitrogen and oxygen atoms in total. The van der Waals surface area contributed by atoms with E-state index in [9.17, 15) is 4.79 Å². The molecule has 1 aromatic carbocycles. The lowest BCUT2D eigenvalue weighted by Crippen LogP contribution is -2.03. The van der Waals surface area contributed by atoms with Gasteiger partial charge in [-0.05, 0) is 23.8 Å². The standard InChI is InChI=1S/C13H10N2O2/c1-17-13(16)12-11(6-7-15-12)10-4-2-9(8-14)3-5-10/h2-7,15H,1H3. The van der Waals surface area contributed by atoms with E-state index in [-0.39, 0.29) is 0 Å². The molecule has 17 heavy (non-hydrogen) atoms. The van der Waals surface area contributed by atoms with Crippen LogP contribution in [0.5, 0.6) is 0 Å². The van der Waals surface area contributed by atoms with Crippen molar-refractivity contribution in [2.45, 2.75) is 0 Å². The number of aromatic nitrogens is 1. The molecule has 2 aromatic rings. The Labute approximate surface area is 98.5 Å². The van der Waals surface area contributed by atoms with Crippen LogP contribution < -0.4 is 0 Å². The summed E-state index contributed by atoms with van der Waals surface area (Å²) < 4.78 is 4.68. The van der Waals surface area contributed by atoms with Crippen LogP contribution in [-0.4, -0.2) is 18.1 Å². The fraction of sp³-hybridized carbons (Fsp3) is 0.0769. The second kappa shape index (κ2) is 4.54. The van der Waals surface area contributed by atoms with Crippen LogP contribution in [-0.2, 0) is 4.74 Å². The van der Waals surface area contributed by atoms with E-state index in [0.29, 0.717) is 11.3 Å². The van der Waals surface area contributed by atoms with Crippen LogP contribution in [0.3, 0.4) is 0 Å². The van der Waals surface area contributed by atoms with E-state index in [1.807, 2.05) is 6.07 Å². The average molecular weight is 226 g/mol. The Bertz CT molecular complexity index is 576. The zero-order valence-electron chi connectivity index (χ0n) is 9.23. The number of nitriles is 1. The summed E-state index contributed by atoms with van der Waals surface area (Å²) in [5.74, 6) is -0.408. The molecular formula is C13H10N2O2. The summed E-state index contributed by atoms with van der Waals surface area (Å²) in [5, 5.41) is 8.71. The molecular weight excluding hydrogens is 216 g/mol. The number of carbonyl (C=O) groups is 1. The molecule has 0 radical (unpaired) electrons. The number of aromatic amines is 1. The average Bonchev–Trinajstić information content (AvgIpc) is 2.87. The molecule has 1 aromatic heterocycles. The predicted molar refractivity (Wildman–Crippen MR) is 62.3 cm³/mol. The number of nitrogens with one attached hydrogen (secondary N) is 1. The number of H-pyrrole nitrogens is 1. The number of nitrogens with zero attached hydrogens (tertiary/aromatic N) is 1. The normalized spacial score (nSPS) is 9.65. The molecule has 0 aliphatic heterocycles. The fourth-order valence-electron chi connectivity index (χ4n) is 1.61. The lowest BCUT2D eigenvalue weighted by atomic mass is 10.0. The summed E-state index contributed by atoms with van der Waals surface area (Å²) in [4.78, 5) is 14.3. The van der Waals surface area contributed by atoms with Crippen molar-refractivity contribution in [3.05, 3.63) is 47.8 Å². The van der Waals surface area contributed by atoms with Gasteiger partial charge in [0, 0.05) is 11.8 Å². The molecule has 0 saturated carbocycles. The van der Waals surface area contributed by atoms with Crippen LogP contribution >= 0.6 is 0 Å². The SMILES string of the molecule is COC(=O)c1[nH]ccc1-c1ccc(C#N)cc1. The number of carbonyl (C=O) groups excluding carboxylic acids is 1. The number of benzene rings is 1. The van der Waals surface area contributed by atoms with Gasteiger partial charge in [0.05, 0.1) is 18.7 Å². The summed E-state index contributed by atoms with van der Waals surface area (Å²) in [6.07, 6.45) is 1.68. The molecule has 0 aliphatic carbocycles. The van der Waals surface area contributed by atoms with Crippen molar-refractivity contribution in [1.82, 2.24) is 4.98 Å². The minimum absolute atomic E-state index is 0.408. The number of hydrogen-bond donors (Lipinski definition) is 1. The smallest absolute Gasteiger partial charge is 0.355 e. The number of hydrogen-bond acceptors (Lipinski definition) is 3. The first-order valence-corrected chi connectivity index (χ1v) is 5.02. The summed E-state index contributed by atoms with van der Waals surface area (Å²) in [7, 11) is 1.34. The van der Waals surface area contributed by atoms with Crippen LogP contribution in [0.1, 0.15) is 16.1 Å². The zero-order chi connectivity index (χ0) is 12.3. The summed E-state index contributed by atoms with van der Waals surface area (Å²) in [6, 6.07) is 10.9. The Kier molecular flexibility index (Phi) is 2.93. The van der Waals surface area contributed by atoms with E-state index in [2.05, 4.69) is 9.72 Å². The third kappa shape index (κ3) is 2.04. The fourth-order valence-corrected chi connectivity index (χ4v) is 1.61. The van der Waals surface area contributed by atoms with Gasteiger partial charge in [0.1, 0.15) is 5.69 Å². The monoisotopic (exact) mass is 226 g/mol. The first-order valence-electron chi connectivity index (χ1n) is 5.02. The van der Waals surface area contributed by atoms with Gasteiger partial charge < -0.3 is 9.72 Å². The van der Waals surface area contributed by atoms with Crippen molar-refractivity contribution in [2.24, 2.45) is 0 Å². The van der Waals surface area contributed by atoms with Gasteiger partial charge in [0.2, 0.25) is 0 Å². The first-order chi connectivity index (χ1) is 8.26. The topological polar surface area (TPSA) is 65.9 Å². The van der Waals surface area contributed by atoms with Gasteiger partial charge in [-0.15, -0.1) is 0 Å². The molecule has 0 bridgehead atoms. The molecule has 0 spiro atoms. The third-order valence-corrected chi connectivity index (χ3v) is 2.46. The van der Waals surface area contributed by atoms with E-state index in [1.54, 1.807) is 36.5 Å². The van der Waals surface area contributed by atoms with Crippen molar-refractivity contribution < 1.29 is 9.53 Å². The number of methoxy groups -OCH3 is 1. The van der Waals surface area contributed by atoms with Gasteiger partial charge in [0.15, 0.2) is 0 Å². The quantitative estimate of drug-likeness (QED) is 0.799. The second-order valence-electron chi connectivity index (χ2n) is 3.45. The molecule has 1 N–H and O–H groups in total. The van der Waals surface area contributed by atoms with Gasteiger partial charge in [-0.2, -0.15) is 5.26 Å². The summed E-state index contributed by atoms with van der Waals surface area (Å²) in [6.45, 7) is 0. The number of esters is 1. The highest BCUT2D eigenvalue weighted by molar-refractivity contribution is 5.95. The Balaban J connectivity index is 2.43. The summed E-state index contributed by atoms with van der Waals surface area (Å²) in [5.41, 5.74) is 2.63. The second-order valence-corrected chi connectivity index (χ2v) is 3.45. The van der Waals surface area contributed by atoms with Crippen molar-refractivity contribution >= 4 is 5.97 Å². The van der Waals surface area contributed by atoms with Gasteiger partial charge >= 0.3 is 5.97 Å². The number of ether oxygens (including phenoxy) is 1. The van der Waals surface area contributed by atoms with E-state index in [0.717, 1.165) is 11.1 Å². The molecule has 0 saturated heterocycles. The summed E-state index contributed by atoms with van der Waals surface area (Å²) >= 11 is 0. The van der Waals surface area contributed by atoms with Crippen molar-refractivity contribution in [1.29, 1.82) is 5.26 Å². The number of rotatable bonds is 2. The maximum Gasteiger partial charge on any atom is 0.355 e. The zero-order valence-corrected chi connectivity index (χ0v) is 9.23. The largest absolute Gasteiger partial charge is 0.464 e. The Morgan fingerprint density at radius 3 is 2.59 bits per heavy atom. The highest BCUT2D eigenvalue weighted by atomic mass is 16.5. The van der Waals surface area contributed by atoms with E-state index < -0.39 is 5.97 Å². The van der Waals surface area contributed by atoms with Crippen LogP contribution in [0.25, 0.3) is 11.1 Å². The molecule has 4 heteroatoms. The Hall–Kier alpha value is -2.54. The van der Waals surface area contributed by atoms with Crippen LogP contribution in [0.2, 0.25) is 0 Å². The molecule has 0 aliphatic rings. The maximum atomic E-state index is 11.5. The highest BCUT2D eigenvalue weighted by Gasteiger charge is 2.14. The lowest BCUT2D eigenvalue weighted by molar-refractivity contribution is 0.0596. The van der Waals surface area contributed by atoms with Gasteiger partial charge in [-0.3, -0.25) is 0 Å². The van der Waals surface area contributed by atoms with E-state index in [1.165, 1.54) is 7.11 Å². The Morgan fingerprint density at radius 2 is 2.00 bits per heavy atom. The molecule has 1 heterocycles. The minimum Gasteiger partial charge on any atom is -0.464 e. The van der Waals surface area contributed by atoms with Crippen molar-refractivity contribution in [2.75, 3.05) is 7.11 Å². The van der Waals surface area contributed by atoms with Crippen LogP contribution in [0.15, 0.2) is 36.5 Å². The molecule has 84 valence electrons. The van der Waals surface area contributed by atoms with Crippen LogP contribution in [0.4, 0.5) is 0 Å².